The number of aryl methyl sites for hydroxylation is 1. The average Bonchev–Trinajstić information content (AvgIpc) is 3.73. The van der Waals surface area contributed by atoms with Crippen LogP contribution in [0.15, 0.2) is 53.7 Å². The van der Waals surface area contributed by atoms with Gasteiger partial charge in [0.1, 0.15) is 16.5 Å². The highest BCUT2D eigenvalue weighted by atomic mass is 32.2. The van der Waals surface area contributed by atoms with Gasteiger partial charge in [0.25, 0.3) is 5.91 Å². The lowest BCUT2D eigenvalue weighted by atomic mass is 10.1. The number of esters is 1. The van der Waals surface area contributed by atoms with Crippen molar-refractivity contribution >= 4 is 45.9 Å². The lowest BCUT2D eigenvalue weighted by Gasteiger charge is -2.14. The van der Waals surface area contributed by atoms with E-state index in [9.17, 15) is 14.4 Å². The third-order valence-corrected chi connectivity index (χ3v) is 8.91. The van der Waals surface area contributed by atoms with E-state index in [4.69, 9.17) is 14.2 Å². The molecule has 0 saturated heterocycles. The molecule has 2 aromatic heterocycles. The summed E-state index contributed by atoms with van der Waals surface area (Å²) >= 11 is 2.62. The Morgan fingerprint density at radius 3 is 2.56 bits per heavy atom. The Hall–Kier alpha value is -4.36. The van der Waals surface area contributed by atoms with Gasteiger partial charge in [0.15, 0.2) is 11.0 Å². The number of benzene rings is 2. The number of carbonyl (C=O) groups is 3. The number of amides is 2. The molecular weight excluding hydrogens is 590 g/mol. The second-order valence-electron chi connectivity index (χ2n) is 9.44. The molecule has 2 amide bonds. The van der Waals surface area contributed by atoms with Crippen LogP contribution >= 0.6 is 23.1 Å². The smallest absolute Gasteiger partial charge is 0.341 e. The Kier molecular flexibility index (Phi) is 9.62. The van der Waals surface area contributed by atoms with Gasteiger partial charge in [-0.2, -0.15) is 0 Å². The molecule has 2 N–H and O–H groups in total. The van der Waals surface area contributed by atoms with Crippen LogP contribution in [-0.4, -0.2) is 59.1 Å². The molecule has 224 valence electrons. The first-order valence-electron chi connectivity index (χ1n) is 13.7. The fraction of sp³-hybridized carbons (Fsp3) is 0.300. The van der Waals surface area contributed by atoms with E-state index in [0.29, 0.717) is 44.3 Å². The van der Waals surface area contributed by atoms with Gasteiger partial charge in [-0.1, -0.05) is 23.9 Å². The average molecular weight is 622 g/mol. The van der Waals surface area contributed by atoms with E-state index in [1.807, 2.05) is 24.3 Å². The van der Waals surface area contributed by atoms with Gasteiger partial charge < -0.3 is 24.8 Å². The maximum atomic E-state index is 13.1. The summed E-state index contributed by atoms with van der Waals surface area (Å²) in [6.45, 7) is 2.09. The molecule has 2 aromatic carbocycles. The Balaban J connectivity index is 1.34. The fourth-order valence-corrected chi connectivity index (χ4v) is 6.83. The monoisotopic (exact) mass is 621 g/mol. The van der Waals surface area contributed by atoms with Crippen LogP contribution in [-0.2, 0) is 28.9 Å². The zero-order valence-corrected chi connectivity index (χ0v) is 25.6. The standard InChI is InChI=1S/C30H31N5O6S2/c1-4-41-29(38)26-20-8-7-11-23(20)43-28(26)32-25(36)17-42-30-34-33-24(35(30)21-9-5-6-10-22(21)40-3)16-31-27(37)18-12-14-19(39-2)15-13-18/h5-6,9-10,12-15H,4,7-8,11,16-17H2,1-3H3,(H,31,37)(H,32,36). The predicted molar refractivity (Wildman–Crippen MR) is 164 cm³/mol. The number of fused-ring (bicyclic) bond motifs is 1. The number of anilines is 1. The Morgan fingerprint density at radius 1 is 1.02 bits per heavy atom. The van der Waals surface area contributed by atoms with Crippen molar-refractivity contribution in [3.63, 3.8) is 0 Å². The van der Waals surface area contributed by atoms with E-state index in [2.05, 4.69) is 20.8 Å². The molecule has 0 aliphatic heterocycles. The molecule has 1 aliphatic carbocycles. The number of carbonyl (C=O) groups excluding carboxylic acids is 3. The number of methoxy groups -OCH3 is 2. The molecule has 1 aliphatic rings. The number of hydrogen-bond donors (Lipinski definition) is 2. The second kappa shape index (κ2) is 13.7. The number of thioether (sulfide) groups is 1. The van der Waals surface area contributed by atoms with Crippen LogP contribution in [0, 0.1) is 0 Å². The quantitative estimate of drug-likeness (QED) is 0.171. The number of thiophene rings is 1. The predicted octanol–water partition coefficient (Wildman–Crippen LogP) is 4.67. The summed E-state index contributed by atoms with van der Waals surface area (Å²) in [6, 6.07) is 14.1. The number of aromatic nitrogens is 3. The first-order valence-corrected chi connectivity index (χ1v) is 15.5. The van der Waals surface area contributed by atoms with Gasteiger partial charge in [0, 0.05) is 10.4 Å². The lowest BCUT2D eigenvalue weighted by molar-refractivity contribution is -0.113. The van der Waals surface area contributed by atoms with E-state index >= 15 is 0 Å². The maximum absolute atomic E-state index is 13.1. The molecule has 0 bridgehead atoms. The minimum atomic E-state index is -0.415. The Morgan fingerprint density at radius 2 is 1.81 bits per heavy atom. The maximum Gasteiger partial charge on any atom is 0.341 e. The Labute approximate surface area is 256 Å². The van der Waals surface area contributed by atoms with E-state index in [1.54, 1.807) is 50.0 Å². The minimum absolute atomic E-state index is 0.0102. The molecule has 43 heavy (non-hydrogen) atoms. The van der Waals surface area contributed by atoms with Gasteiger partial charge in [-0.05, 0) is 68.1 Å². The zero-order valence-electron chi connectivity index (χ0n) is 24.0. The first kappa shape index (κ1) is 30.1. The van der Waals surface area contributed by atoms with Crippen LogP contribution in [0.3, 0.4) is 0 Å². The van der Waals surface area contributed by atoms with E-state index in [1.165, 1.54) is 23.1 Å². The van der Waals surface area contributed by atoms with Crippen LogP contribution in [0.25, 0.3) is 5.69 Å². The number of ether oxygens (including phenoxy) is 3. The molecule has 2 heterocycles. The minimum Gasteiger partial charge on any atom is -0.497 e. The number of nitrogens with zero attached hydrogens (tertiary/aromatic N) is 3. The van der Waals surface area contributed by atoms with Crippen molar-refractivity contribution in [3.05, 3.63) is 75.9 Å². The normalized spacial score (nSPS) is 12.0. The SMILES string of the molecule is CCOC(=O)c1c(NC(=O)CSc2nnc(CNC(=O)c3ccc(OC)cc3)n2-c2ccccc2OC)sc2c1CCC2. The molecule has 0 radical (unpaired) electrons. The van der Waals surface area contributed by atoms with Gasteiger partial charge in [-0.15, -0.1) is 21.5 Å². The molecule has 0 spiro atoms. The van der Waals surface area contributed by atoms with E-state index in [-0.39, 0.29) is 30.7 Å². The summed E-state index contributed by atoms with van der Waals surface area (Å²) in [7, 11) is 3.13. The largest absolute Gasteiger partial charge is 0.497 e. The first-order chi connectivity index (χ1) is 20.9. The number of rotatable bonds is 12. The van der Waals surface area contributed by atoms with Crippen molar-refractivity contribution in [2.24, 2.45) is 0 Å². The summed E-state index contributed by atoms with van der Waals surface area (Å²) < 4.78 is 17.8. The van der Waals surface area contributed by atoms with Crippen LogP contribution in [0.2, 0.25) is 0 Å². The molecule has 0 atom stereocenters. The highest BCUT2D eigenvalue weighted by molar-refractivity contribution is 7.99. The highest BCUT2D eigenvalue weighted by Gasteiger charge is 2.28. The molecular formula is C30H31N5O6S2. The number of hydrogen-bond acceptors (Lipinski definition) is 10. The number of nitrogens with one attached hydrogen (secondary N) is 2. The van der Waals surface area contributed by atoms with Crippen LogP contribution in [0.4, 0.5) is 5.00 Å². The van der Waals surface area contributed by atoms with Crippen molar-refractivity contribution < 1.29 is 28.6 Å². The van der Waals surface area contributed by atoms with E-state index in [0.717, 1.165) is 29.7 Å². The van der Waals surface area contributed by atoms with Crippen molar-refractivity contribution in [3.8, 4) is 17.2 Å². The molecule has 5 rings (SSSR count). The van der Waals surface area contributed by atoms with Gasteiger partial charge in [0.05, 0.1) is 44.4 Å². The molecule has 0 unspecified atom stereocenters. The van der Waals surface area contributed by atoms with Crippen molar-refractivity contribution in [2.75, 3.05) is 31.9 Å². The van der Waals surface area contributed by atoms with Gasteiger partial charge in [0.2, 0.25) is 5.91 Å². The third-order valence-electron chi connectivity index (χ3n) is 6.77. The molecule has 0 saturated carbocycles. The number of para-hydroxylation sites is 2. The molecule has 4 aromatic rings. The van der Waals surface area contributed by atoms with Crippen molar-refractivity contribution in [1.82, 2.24) is 20.1 Å². The molecule has 0 fully saturated rings. The summed E-state index contributed by atoms with van der Waals surface area (Å²) in [5.74, 6) is 0.694. The topological polar surface area (TPSA) is 134 Å². The molecule has 13 heteroatoms. The van der Waals surface area contributed by atoms with Crippen LogP contribution in [0.5, 0.6) is 11.5 Å². The lowest BCUT2D eigenvalue weighted by Crippen LogP contribution is -2.24. The van der Waals surface area contributed by atoms with Crippen LogP contribution < -0.4 is 20.1 Å². The Bertz CT molecular complexity index is 1630. The summed E-state index contributed by atoms with van der Waals surface area (Å²) in [5, 5.41) is 15.4. The van der Waals surface area contributed by atoms with Crippen molar-refractivity contribution in [1.29, 1.82) is 0 Å². The third kappa shape index (κ3) is 6.67. The van der Waals surface area contributed by atoms with Gasteiger partial charge in [-0.3, -0.25) is 14.2 Å². The van der Waals surface area contributed by atoms with Gasteiger partial charge in [-0.25, -0.2) is 4.79 Å². The summed E-state index contributed by atoms with van der Waals surface area (Å²) in [6.07, 6.45) is 2.67. The van der Waals surface area contributed by atoms with Crippen LogP contribution in [0.1, 0.15) is 50.3 Å². The highest BCUT2D eigenvalue weighted by Crippen LogP contribution is 2.39. The van der Waals surface area contributed by atoms with Crippen molar-refractivity contribution in [2.45, 2.75) is 37.9 Å². The van der Waals surface area contributed by atoms with Gasteiger partial charge >= 0.3 is 5.97 Å². The second-order valence-corrected chi connectivity index (χ2v) is 11.5. The summed E-state index contributed by atoms with van der Waals surface area (Å²) in [4.78, 5) is 39.8. The van der Waals surface area contributed by atoms with E-state index < -0.39 is 5.97 Å². The zero-order chi connectivity index (χ0) is 30.3. The molecule has 11 nitrogen and oxygen atoms in total. The fourth-order valence-electron chi connectivity index (χ4n) is 4.77. The summed E-state index contributed by atoms with van der Waals surface area (Å²) in [5.41, 5.74) is 2.57.